The van der Waals surface area contributed by atoms with Crippen LogP contribution in [0.1, 0.15) is 17.8 Å². The first kappa shape index (κ1) is 16.8. The minimum atomic E-state index is -0.490. The van der Waals surface area contributed by atoms with E-state index in [2.05, 4.69) is 16.0 Å². The van der Waals surface area contributed by atoms with Crippen molar-refractivity contribution in [2.75, 3.05) is 33.4 Å². The minimum Gasteiger partial charge on any atom is -0.389 e. The molecule has 2 aromatic rings. The van der Waals surface area contributed by atoms with Crippen molar-refractivity contribution in [3.05, 3.63) is 29.3 Å². The van der Waals surface area contributed by atoms with Gasteiger partial charge in [0.15, 0.2) is 0 Å². The maximum atomic E-state index is 10.1. The summed E-state index contributed by atoms with van der Waals surface area (Å²) in [5, 5.41) is 11.2. The second kappa shape index (κ2) is 8.17. The molecule has 3 rings (SSSR count). The van der Waals surface area contributed by atoms with Crippen LogP contribution >= 0.6 is 11.3 Å². The van der Waals surface area contributed by atoms with Crippen molar-refractivity contribution >= 4 is 21.6 Å². The third-order valence-electron chi connectivity index (χ3n) is 3.90. The lowest BCUT2D eigenvalue weighted by Gasteiger charge is -2.20. The molecule has 0 bridgehead atoms. The van der Waals surface area contributed by atoms with Crippen LogP contribution in [0.4, 0.5) is 0 Å². The molecule has 5 nitrogen and oxygen atoms in total. The van der Waals surface area contributed by atoms with Crippen LogP contribution in [-0.2, 0) is 16.0 Å². The van der Waals surface area contributed by atoms with Crippen molar-refractivity contribution in [2.45, 2.75) is 31.6 Å². The third kappa shape index (κ3) is 4.96. The van der Waals surface area contributed by atoms with Gasteiger partial charge in [-0.25, -0.2) is 4.98 Å². The number of likely N-dealkylation sites (N-methyl/N-ethyl adjacent to an activating group) is 1. The summed E-state index contributed by atoms with van der Waals surface area (Å²) in [4.78, 5) is 6.70. The molecule has 0 amide bonds. The number of rotatable bonds is 8. The molecule has 1 N–H and O–H groups in total. The largest absolute Gasteiger partial charge is 0.389 e. The standard InChI is InChI=1S/C17H24N2O3S/c1-19(9-13(20)11-21-12-14-5-4-8-22-14)10-17-18-15-6-2-3-7-16(15)23-17/h2-3,6-7,13-14,20H,4-5,8-12H2,1H3/t13-,14-/m0/s1. The van der Waals surface area contributed by atoms with Crippen molar-refractivity contribution in [1.82, 2.24) is 9.88 Å². The maximum Gasteiger partial charge on any atom is 0.108 e. The van der Waals surface area contributed by atoms with E-state index >= 15 is 0 Å². The lowest BCUT2D eigenvalue weighted by Crippen LogP contribution is -2.32. The van der Waals surface area contributed by atoms with Crippen LogP contribution in [0.2, 0.25) is 0 Å². The normalized spacial score (nSPS) is 19.7. The van der Waals surface area contributed by atoms with Crippen LogP contribution in [0.15, 0.2) is 24.3 Å². The molecule has 0 aliphatic carbocycles. The Balaban J connectivity index is 1.40. The number of fused-ring (bicyclic) bond motifs is 1. The molecule has 0 saturated carbocycles. The molecule has 1 saturated heterocycles. The minimum absolute atomic E-state index is 0.211. The molecule has 1 aliphatic heterocycles. The van der Waals surface area contributed by atoms with Gasteiger partial charge < -0.3 is 14.6 Å². The number of hydrogen-bond acceptors (Lipinski definition) is 6. The Morgan fingerprint density at radius 3 is 3.13 bits per heavy atom. The molecular weight excluding hydrogens is 312 g/mol. The SMILES string of the molecule is CN(Cc1nc2ccccc2s1)C[C@H](O)COC[C@@H]1CCCO1. The first-order chi connectivity index (χ1) is 11.2. The molecule has 2 atom stereocenters. The lowest BCUT2D eigenvalue weighted by molar-refractivity contribution is -0.0238. The molecule has 0 radical (unpaired) electrons. The van der Waals surface area contributed by atoms with Crippen LogP contribution in [-0.4, -0.2) is 60.6 Å². The molecule has 1 aliphatic rings. The number of hydrogen-bond donors (Lipinski definition) is 1. The Morgan fingerprint density at radius 2 is 2.35 bits per heavy atom. The molecule has 1 aromatic heterocycles. The number of aliphatic hydroxyl groups is 1. The second-order valence-corrected chi connectivity index (χ2v) is 7.21. The molecule has 0 unspecified atom stereocenters. The monoisotopic (exact) mass is 336 g/mol. The first-order valence-electron chi connectivity index (χ1n) is 8.11. The molecule has 23 heavy (non-hydrogen) atoms. The zero-order valence-electron chi connectivity index (χ0n) is 13.5. The van der Waals surface area contributed by atoms with Gasteiger partial charge in [-0.1, -0.05) is 12.1 Å². The fraction of sp³-hybridized carbons (Fsp3) is 0.588. The Hall–Kier alpha value is -1.05. The van der Waals surface area contributed by atoms with E-state index < -0.39 is 6.10 Å². The zero-order chi connectivity index (χ0) is 16.1. The Kier molecular flexibility index (Phi) is 5.96. The van der Waals surface area contributed by atoms with Gasteiger partial charge in [0.1, 0.15) is 5.01 Å². The van der Waals surface area contributed by atoms with Gasteiger partial charge in [0, 0.05) is 13.2 Å². The van der Waals surface area contributed by atoms with E-state index in [0.717, 1.165) is 36.5 Å². The van der Waals surface area contributed by atoms with Gasteiger partial charge in [-0.15, -0.1) is 11.3 Å². The van der Waals surface area contributed by atoms with E-state index in [9.17, 15) is 5.11 Å². The number of aromatic nitrogens is 1. The topological polar surface area (TPSA) is 54.8 Å². The summed E-state index contributed by atoms with van der Waals surface area (Å²) in [6, 6.07) is 8.15. The van der Waals surface area contributed by atoms with Crippen molar-refractivity contribution in [3.63, 3.8) is 0 Å². The third-order valence-corrected chi connectivity index (χ3v) is 4.92. The molecule has 2 heterocycles. The van der Waals surface area contributed by atoms with Gasteiger partial charge in [-0.3, -0.25) is 4.90 Å². The smallest absolute Gasteiger partial charge is 0.108 e. The molecule has 1 fully saturated rings. The van der Waals surface area contributed by atoms with E-state index in [-0.39, 0.29) is 6.10 Å². The van der Waals surface area contributed by atoms with E-state index in [1.54, 1.807) is 11.3 Å². The summed E-state index contributed by atoms with van der Waals surface area (Å²) < 4.78 is 12.3. The predicted octanol–water partition coefficient (Wildman–Crippen LogP) is 2.28. The average Bonchev–Trinajstić information content (AvgIpc) is 3.15. The van der Waals surface area contributed by atoms with Crippen molar-refractivity contribution < 1.29 is 14.6 Å². The Bertz CT molecular complexity index is 580. The van der Waals surface area contributed by atoms with Crippen LogP contribution in [0.3, 0.4) is 0 Å². The van der Waals surface area contributed by atoms with E-state index in [1.165, 1.54) is 4.70 Å². The summed E-state index contributed by atoms with van der Waals surface area (Å²) in [5.74, 6) is 0. The summed E-state index contributed by atoms with van der Waals surface area (Å²) >= 11 is 1.71. The van der Waals surface area contributed by atoms with Crippen LogP contribution in [0.25, 0.3) is 10.2 Å². The number of para-hydroxylation sites is 1. The highest BCUT2D eigenvalue weighted by atomic mass is 32.1. The van der Waals surface area contributed by atoms with Gasteiger partial charge in [0.2, 0.25) is 0 Å². The van der Waals surface area contributed by atoms with Crippen LogP contribution in [0.5, 0.6) is 0 Å². The zero-order valence-corrected chi connectivity index (χ0v) is 14.3. The summed E-state index contributed by atoms with van der Waals surface area (Å²) in [5.41, 5.74) is 1.04. The Labute approximate surface area is 140 Å². The molecular formula is C17H24N2O3S. The molecule has 0 spiro atoms. The quantitative estimate of drug-likeness (QED) is 0.801. The van der Waals surface area contributed by atoms with Gasteiger partial charge in [0.25, 0.3) is 0 Å². The maximum absolute atomic E-state index is 10.1. The van der Waals surface area contributed by atoms with Crippen molar-refractivity contribution in [3.8, 4) is 0 Å². The average molecular weight is 336 g/mol. The van der Waals surface area contributed by atoms with Gasteiger partial charge >= 0.3 is 0 Å². The fourth-order valence-corrected chi connectivity index (χ4v) is 3.85. The number of aliphatic hydroxyl groups excluding tert-OH is 1. The van der Waals surface area contributed by atoms with E-state index in [0.29, 0.717) is 19.8 Å². The van der Waals surface area contributed by atoms with Crippen molar-refractivity contribution in [1.29, 1.82) is 0 Å². The van der Waals surface area contributed by atoms with Crippen LogP contribution in [0, 0.1) is 0 Å². The molecule has 6 heteroatoms. The fourth-order valence-electron chi connectivity index (χ4n) is 2.81. The highest BCUT2D eigenvalue weighted by molar-refractivity contribution is 7.18. The van der Waals surface area contributed by atoms with Gasteiger partial charge in [-0.2, -0.15) is 0 Å². The van der Waals surface area contributed by atoms with E-state index in [1.807, 2.05) is 25.2 Å². The van der Waals surface area contributed by atoms with Gasteiger partial charge in [-0.05, 0) is 32.0 Å². The number of ether oxygens (including phenoxy) is 2. The summed E-state index contributed by atoms with van der Waals surface area (Å²) in [6.45, 7) is 3.08. The predicted molar refractivity (Wildman–Crippen MR) is 91.8 cm³/mol. The molecule has 1 aromatic carbocycles. The highest BCUT2D eigenvalue weighted by Crippen LogP contribution is 2.22. The number of benzene rings is 1. The Morgan fingerprint density at radius 1 is 1.48 bits per heavy atom. The van der Waals surface area contributed by atoms with Crippen molar-refractivity contribution in [2.24, 2.45) is 0 Å². The summed E-state index contributed by atoms with van der Waals surface area (Å²) in [6.07, 6.45) is 1.90. The first-order valence-corrected chi connectivity index (χ1v) is 8.93. The van der Waals surface area contributed by atoms with E-state index in [4.69, 9.17) is 9.47 Å². The summed E-state index contributed by atoms with van der Waals surface area (Å²) in [7, 11) is 2.00. The number of thiazole rings is 1. The molecule has 126 valence electrons. The van der Waals surface area contributed by atoms with Crippen LogP contribution < -0.4 is 0 Å². The van der Waals surface area contributed by atoms with Gasteiger partial charge in [0.05, 0.1) is 42.2 Å². The highest BCUT2D eigenvalue weighted by Gasteiger charge is 2.17. The lowest BCUT2D eigenvalue weighted by atomic mass is 10.2. The number of nitrogens with zero attached hydrogens (tertiary/aromatic N) is 2. The second-order valence-electron chi connectivity index (χ2n) is 6.10.